The molecule has 0 radical (unpaired) electrons. The van der Waals surface area contributed by atoms with Gasteiger partial charge in [0.15, 0.2) is 9.84 Å². The van der Waals surface area contributed by atoms with Crippen molar-refractivity contribution < 1.29 is 8.42 Å². The van der Waals surface area contributed by atoms with E-state index in [1.165, 1.54) is 0 Å². The molecule has 0 aromatic heterocycles. The molecule has 2 atom stereocenters. The summed E-state index contributed by atoms with van der Waals surface area (Å²) in [6, 6.07) is 0.207. The third-order valence-corrected chi connectivity index (χ3v) is 4.45. The topological polar surface area (TPSA) is 46.2 Å². The Morgan fingerprint density at radius 2 is 2.23 bits per heavy atom. The second-order valence-corrected chi connectivity index (χ2v) is 6.25. The molecule has 0 unspecified atom stereocenters. The Kier molecular flexibility index (Phi) is 3.74. The molecular weight excluding hydrogens is 186 g/mol. The highest BCUT2D eigenvalue weighted by Crippen LogP contribution is 2.11. The Hall–Kier alpha value is -0.0900. The van der Waals surface area contributed by atoms with Crippen molar-refractivity contribution in [3.8, 4) is 0 Å². The normalized spacial score (nSPS) is 28.9. The predicted molar refractivity (Wildman–Crippen MR) is 54.5 cm³/mol. The Labute approximate surface area is 80.8 Å². The van der Waals surface area contributed by atoms with E-state index in [-0.39, 0.29) is 6.04 Å². The minimum atomic E-state index is -2.71. The predicted octanol–water partition coefficient (Wildman–Crippen LogP) is 0.809. The number of rotatable bonds is 4. The zero-order chi connectivity index (χ0) is 9.90. The molecule has 13 heavy (non-hydrogen) atoms. The second-order valence-electron chi connectivity index (χ2n) is 4.02. The van der Waals surface area contributed by atoms with Crippen molar-refractivity contribution in [1.82, 2.24) is 5.32 Å². The minimum Gasteiger partial charge on any atom is -0.313 e. The lowest BCUT2D eigenvalue weighted by Crippen LogP contribution is -2.33. The molecule has 4 heteroatoms. The summed E-state index contributed by atoms with van der Waals surface area (Å²) in [5.74, 6) is 1.34. The molecule has 0 aromatic carbocycles. The molecule has 1 aliphatic rings. The Morgan fingerprint density at radius 3 is 2.69 bits per heavy atom. The average molecular weight is 205 g/mol. The van der Waals surface area contributed by atoms with Crippen LogP contribution in [0.1, 0.15) is 26.7 Å². The molecule has 0 spiro atoms. The third kappa shape index (κ3) is 3.65. The van der Waals surface area contributed by atoms with Crippen LogP contribution in [-0.2, 0) is 9.84 Å². The summed E-state index contributed by atoms with van der Waals surface area (Å²) in [6.07, 6.45) is 1.94. The molecule has 0 aliphatic carbocycles. The van der Waals surface area contributed by atoms with Gasteiger partial charge in [-0.05, 0) is 18.9 Å². The van der Waals surface area contributed by atoms with Gasteiger partial charge in [0.2, 0.25) is 0 Å². The average Bonchev–Trinajstić information content (AvgIpc) is 2.41. The van der Waals surface area contributed by atoms with Gasteiger partial charge >= 0.3 is 0 Å². The van der Waals surface area contributed by atoms with E-state index in [2.05, 4.69) is 19.2 Å². The molecule has 1 aliphatic heterocycles. The molecule has 0 aromatic rings. The van der Waals surface area contributed by atoms with Crippen LogP contribution in [0.2, 0.25) is 0 Å². The summed E-state index contributed by atoms with van der Waals surface area (Å²) >= 11 is 0. The summed E-state index contributed by atoms with van der Waals surface area (Å²) in [5, 5.41) is 3.31. The molecular formula is C9H19NO2S. The summed E-state index contributed by atoms with van der Waals surface area (Å²) in [7, 11) is -2.71. The van der Waals surface area contributed by atoms with E-state index in [1.807, 2.05) is 0 Å². The monoisotopic (exact) mass is 205 g/mol. The lowest BCUT2D eigenvalue weighted by molar-refractivity contribution is 0.456. The van der Waals surface area contributed by atoms with Gasteiger partial charge in [0.05, 0.1) is 11.5 Å². The van der Waals surface area contributed by atoms with E-state index in [4.69, 9.17) is 0 Å². The second kappa shape index (κ2) is 4.42. The molecule has 1 saturated heterocycles. The van der Waals surface area contributed by atoms with E-state index in [9.17, 15) is 8.42 Å². The third-order valence-electron chi connectivity index (χ3n) is 2.68. The first-order valence-corrected chi connectivity index (χ1v) is 6.79. The zero-order valence-corrected chi connectivity index (χ0v) is 9.23. The van der Waals surface area contributed by atoms with Crippen molar-refractivity contribution in [3.63, 3.8) is 0 Å². The van der Waals surface area contributed by atoms with Gasteiger partial charge in [-0.15, -0.1) is 0 Å². The van der Waals surface area contributed by atoms with Gasteiger partial charge < -0.3 is 5.32 Å². The van der Waals surface area contributed by atoms with Crippen LogP contribution < -0.4 is 5.32 Å². The first-order chi connectivity index (χ1) is 6.03. The van der Waals surface area contributed by atoms with Crippen LogP contribution in [0.3, 0.4) is 0 Å². The largest absolute Gasteiger partial charge is 0.313 e. The zero-order valence-electron chi connectivity index (χ0n) is 8.41. The molecule has 1 N–H and O–H groups in total. The summed E-state index contributed by atoms with van der Waals surface area (Å²) in [4.78, 5) is 0. The summed E-state index contributed by atoms with van der Waals surface area (Å²) in [5.41, 5.74) is 0. The Morgan fingerprint density at radius 1 is 1.54 bits per heavy atom. The van der Waals surface area contributed by atoms with Crippen LogP contribution >= 0.6 is 0 Å². The lowest BCUT2D eigenvalue weighted by Gasteiger charge is -2.14. The number of nitrogens with one attached hydrogen (secondary N) is 1. The van der Waals surface area contributed by atoms with Crippen molar-refractivity contribution in [1.29, 1.82) is 0 Å². The standard InChI is InChI=1S/C9H19NO2S/c1-3-8(2)6-10-9-4-5-13(11,12)7-9/h8-10H,3-7H2,1-2H3/t8-,9+/m1/s1. The highest BCUT2D eigenvalue weighted by molar-refractivity contribution is 7.91. The van der Waals surface area contributed by atoms with Crippen molar-refractivity contribution in [2.24, 2.45) is 5.92 Å². The van der Waals surface area contributed by atoms with Gasteiger partial charge in [-0.3, -0.25) is 0 Å². The fraction of sp³-hybridized carbons (Fsp3) is 1.00. The maximum atomic E-state index is 11.1. The van der Waals surface area contributed by atoms with Crippen molar-refractivity contribution in [2.75, 3.05) is 18.1 Å². The van der Waals surface area contributed by atoms with Crippen LogP contribution in [0, 0.1) is 5.92 Å². The molecule has 0 bridgehead atoms. The van der Waals surface area contributed by atoms with Crippen LogP contribution in [0.4, 0.5) is 0 Å². The Bertz CT molecular complexity index is 248. The lowest BCUT2D eigenvalue weighted by atomic mass is 10.1. The van der Waals surface area contributed by atoms with Crippen molar-refractivity contribution >= 4 is 9.84 Å². The molecule has 0 saturated carbocycles. The number of hydrogen-bond acceptors (Lipinski definition) is 3. The molecule has 0 amide bonds. The molecule has 1 fully saturated rings. The fourth-order valence-electron chi connectivity index (χ4n) is 1.47. The maximum absolute atomic E-state index is 11.1. The smallest absolute Gasteiger partial charge is 0.151 e. The van der Waals surface area contributed by atoms with Gasteiger partial charge in [-0.1, -0.05) is 20.3 Å². The summed E-state index contributed by atoms with van der Waals surface area (Å²) in [6.45, 7) is 5.27. The van der Waals surface area contributed by atoms with Crippen LogP contribution in [0.5, 0.6) is 0 Å². The molecule has 3 nitrogen and oxygen atoms in total. The molecule has 1 rings (SSSR count). The molecule has 1 heterocycles. The minimum absolute atomic E-state index is 0.207. The molecule has 78 valence electrons. The fourth-order valence-corrected chi connectivity index (χ4v) is 3.18. The number of hydrogen-bond donors (Lipinski definition) is 1. The summed E-state index contributed by atoms with van der Waals surface area (Å²) < 4.78 is 22.2. The maximum Gasteiger partial charge on any atom is 0.151 e. The van der Waals surface area contributed by atoms with Gasteiger partial charge in [0.25, 0.3) is 0 Å². The van der Waals surface area contributed by atoms with Crippen LogP contribution in [-0.4, -0.2) is 32.5 Å². The van der Waals surface area contributed by atoms with E-state index in [1.54, 1.807) is 0 Å². The van der Waals surface area contributed by atoms with E-state index >= 15 is 0 Å². The van der Waals surface area contributed by atoms with Gasteiger partial charge in [-0.2, -0.15) is 0 Å². The quantitative estimate of drug-likeness (QED) is 0.739. The Balaban J connectivity index is 2.25. The van der Waals surface area contributed by atoms with Gasteiger partial charge in [0, 0.05) is 6.04 Å². The van der Waals surface area contributed by atoms with Crippen LogP contribution in [0.25, 0.3) is 0 Å². The van der Waals surface area contributed by atoms with Crippen molar-refractivity contribution in [3.05, 3.63) is 0 Å². The first kappa shape index (κ1) is 11.0. The van der Waals surface area contributed by atoms with E-state index in [0.717, 1.165) is 19.4 Å². The van der Waals surface area contributed by atoms with Gasteiger partial charge in [0.1, 0.15) is 0 Å². The highest BCUT2D eigenvalue weighted by atomic mass is 32.2. The first-order valence-electron chi connectivity index (χ1n) is 4.97. The van der Waals surface area contributed by atoms with Crippen molar-refractivity contribution in [2.45, 2.75) is 32.7 Å². The highest BCUT2D eigenvalue weighted by Gasteiger charge is 2.27. The van der Waals surface area contributed by atoms with Gasteiger partial charge in [-0.25, -0.2) is 8.42 Å². The van der Waals surface area contributed by atoms with E-state index in [0.29, 0.717) is 17.4 Å². The van der Waals surface area contributed by atoms with Crippen LogP contribution in [0.15, 0.2) is 0 Å². The SMILES string of the molecule is CC[C@@H](C)CN[C@H]1CCS(=O)(=O)C1. The number of sulfone groups is 1. The van der Waals surface area contributed by atoms with E-state index < -0.39 is 9.84 Å².